The van der Waals surface area contributed by atoms with Crippen molar-refractivity contribution in [2.24, 2.45) is 0 Å². The van der Waals surface area contributed by atoms with Crippen molar-refractivity contribution >= 4 is 23.5 Å². The van der Waals surface area contributed by atoms with Gasteiger partial charge in [0.25, 0.3) is 5.69 Å². The van der Waals surface area contributed by atoms with Gasteiger partial charge in [0.05, 0.1) is 10.5 Å². The van der Waals surface area contributed by atoms with Gasteiger partial charge in [0.1, 0.15) is 18.1 Å². The summed E-state index contributed by atoms with van der Waals surface area (Å²) in [6.45, 7) is -0.192. The highest BCUT2D eigenvalue weighted by Crippen LogP contribution is 2.35. The van der Waals surface area contributed by atoms with E-state index in [-0.39, 0.29) is 35.3 Å². The molecule has 0 saturated carbocycles. The van der Waals surface area contributed by atoms with E-state index in [1.165, 1.54) is 55.7 Å². The molecule has 1 aliphatic rings. The van der Waals surface area contributed by atoms with Gasteiger partial charge < -0.3 is 14.2 Å². The Bertz CT molecular complexity index is 916. The summed E-state index contributed by atoms with van der Waals surface area (Å²) in [6.07, 6.45) is 1.49. The van der Waals surface area contributed by atoms with Crippen LogP contribution in [0.5, 0.6) is 11.5 Å². The van der Waals surface area contributed by atoms with Gasteiger partial charge in [0.2, 0.25) is 5.78 Å². The van der Waals surface area contributed by atoms with Crippen molar-refractivity contribution < 1.29 is 28.7 Å². The van der Waals surface area contributed by atoms with Crippen molar-refractivity contribution in [1.29, 1.82) is 0 Å². The molecule has 26 heavy (non-hydrogen) atoms. The third kappa shape index (κ3) is 3.60. The SMILES string of the molecule is COCC(=O)Oc1ccc2c(c1)O/C(=C\c1ccc([N+](=O)[O-])cc1)C2=O. The van der Waals surface area contributed by atoms with Crippen molar-refractivity contribution in [3.05, 3.63) is 69.5 Å². The lowest BCUT2D eigenvalue weighted by atomic mass is 10.1. The first-order chi connectivity index (χ1) is 12.5. The first-order valence-corrected chi connectivity index (χ1v) is 7.50. The Morgan fingerprint density at radius 3 is 2.62 bits per heavy atom. The minimum Gasteiger partial charge on any atom is -0.452 e. The molecular weight excluding hydrogens is 342 g/mol. The number of hydrogen-bond acceptors (Lipinski definition) is 7. The Balaban J connectivity index is 1.80. The number of esters is 1. The summed E-state index contributed by atoms with van der Waals surface area (Å²) >= 11 is 0. The molecule has 8 heteroatoms. The van der Waals surface area contributed by atoms with Gasteiger partial charge in [0.15, 0.2) is 5.76 Å². The van der Waals surface area contributed by atoms with Gasteiger partial charge >= 0.3 is 5.97 Å². The van der Waals surface area contributed by atoms with Gasteiger partial charge in [-0.3, -0.25) is 14.9 Å². The first-order valence-electron chi connectivity index (χ1n) is 7.50. The van der Waals surface area contributed by atoms with E-state index in [1.54, 1.807) is 0 Å². The number of nitrogens with zero attached hydrogens (tertiary/aromatic N) is 1. The Hall–Kier alpha value is -3.52. The summed E-state index contributed by atoms with van der Waals surface area (Å²) < 4.78 is 15.3. The van der Waals surface area contributed by atoms with Gasteiger partial charge in [-0.1, -0.05) is 0 Å². The first kappa shape index (κ1) is 17.3. The molecule has 0 aliphatic carbocycles. The molecular formula is C18H13NO7. The minimum atomic E-state index is -0.571. The van der Waals surface area contributed by atoms with Crippen molar-refractivity contribution in [3.8, 4) is 11.5 Å². The summed E-state index contributed by atoms with van der Waals surface area (Å²) in [6, 6.07) is 10.1. The number of nitro groups is 1. The molecule has 8 nitrogen and oxygen atoms in total. The predicted octanol–water partition coefficient (Wildman–Crippen LogP) is 2.76. The van der Waals surface area contributed by atoms with E-state index in [0.717, 1.165) is 0 Å². The average molecular weight is 355 g/mol. The number of ketones is 1. The van der Waals surface area contributed by atoms with Crippen LogP contribution in [0.3, 0.4) is 0 Å². The molecule has 0 atom stereocenters. The molecule has 1 aliphatic heterocycles. The fourth-order valence-electron chi connectivity index (χ4n) is 2.35. The third-order valence-electron chi connectivity index (χ3n) is 3.54. The second-order valence-electron chi connectivity index (χ2n) is 5.35. The van der Waals surface area contributed by atoms with Crippen LogP contribution >= 0.6 is 0 Å². The summed E-state index contributed by atoms with van der Waals surface area (Å²) in [7, 11) is 1.38. The number of carbonyl (C=O) groups is 2. The van der Waals surface area contributed by atoms with Crippen molar-refractivity contribution in [3.63, 3.8) is 0 Å². The molecule has 0 amide bonds. The van der Waals surface area contributed by atoms with Crippen LogP contribution in [-0.2, 0) is 9.53 Å². The highest BCUT2D eigenvalue weighted by atomic mass is 16.6. The lowest BCUT2D eigenvalue weighted by Crippen LogP contribution is -2.14. The van der Waals surface area contributed by atoms with E-state index in [1.807, 2.05) is 0 Å². The summed E-state index contributed by atoms with van der Waals surface area (Å²) in [4.78, 5) is 34.0. The Morgan fingerprint density at radius 2 is 1.96 bits per heavy atom. The molecule has 3 rings (SSSR count). The second kappa shape index (κ2) is 7.16. The maximum atomic E-state index is 12.4. The van der Waals surface area contributed by atoms with Crippen LogP contribution in [0.15, 0.2) is 48.2 Å². The average Bonchev–Trinajstić information content (AvgIpc) is 2.91. The fraction of sp³-hybridized carbons (Fsp3) is 0.111. The molecule has 0 N–H and O–H groups in total. The molecule has 0 radical (unpaired) electrons. The monoisotopic (exact) mass is 355 g/mol. The standard InChI is InChI=1S/C18H13NO7/c1-24-10-17(20)25-13-6-7-14-15(9-13)26-16(18(14)21)8-11-2-4-12(5-3-11)19(22)23/h2-9H,10H2,1H3/b16-8-. The van der Waals surface area contributed by atoms with E-state index in [0.29, 0.717) is 11.1 Å². The van der Waals surface area contributed by atoms with Gasteiger partial charge in [-0.25, -0.2) is 4.79 Å². The van der Waals surface area contributed by atoms with Crippen LogP contribution in [0.4, 0.5) is 5.69 Å². The quantitative estimate of drug-likeness (QED) is 0.267. The van der Waals surface area contributed by atoms with E-state index in [4.69, 9.17) is 9.47 Å². The Kier molecular flexibility index (Phi) is 4.76. The maximum absolute atomic E-state index is 12.4. The molecule has 2 aromatic carbocycles. The fourth-order valence-corrected chi connectivity index (χ4v) is 2.35. The number of methoxy groups -OCH3 is 1. The lowest BCUT2D eigenvalue weighted by molar-refractivity contribution is -0.384. The molecule has 0 fully saturated rings. The molecule has 132 valence electrons. The van der Waals surface area contributed by atoms with E-state index in [2.05, 4.69) is 4.74 Å². The smallest absolute Gasteiger partial charge is 0.337 e. The number of benzene rings is 2. The Labute approximate surface area is 147 Å². The van der Waals surface area contributed by atoms with E-state index >= 15 is 0 Å². The molecule has 0 spiro atoms. The maximum Gasteiger partial charge on any atom is 0.337 e. The number of hydrogen-bond donors (Lipinski definition) is 0. The third-order valence-corrected chi connectivity index (χ3v) is 3.54. The summed E-state index contributed by atoms with van der Waals surface area (Å²) in [5.41, 5.74) is 0.875. The second-order valence-corrected chi connectivity index (χ2v) is 5.35. The number of rotatable bonds is 5. The van der Waals surface area contributed by atoms with Gasteiger partial charge in [-0.2, -0.15) is 0 Å². The topological polar surface area (TPSA) is 105 Å². The lowest BCUT2D eigenvalue weighted by Gasteiger charge is -2.04. The van der Waals surface area contributed by atoms with Gasteiger partial charge in [-0.15, -0.1) is 0 Å². The van der Waals surface area contributed by atoms with Crippen LogP contribution in [-0.4, -0.2) is 30.4 Å². The number of ether oxygens (including phenoxy) is 3. The summed E-state index contributed by atoms with van der Waals surface area (Å²) in [5, 5.41) is 10.7. The predicted molar refractivity (Wildman–Crippen MR) is 90.0 cm³/mol. The molecule has 0 unspecified atom stereocenters. The summed E-state index contributed by atoms with van der Waals surface area (Å²) in [5.74, 6) is -0.318. The van der Waals surface area contributed by atoms with Crippen LogP contribution in [0.2, 0.25) is 0 Å². The molecule has 0 aromatic heterocycles. The number of carbonyl (C=O) groups excluding carboxylic acids is 2. The zero-order chi connectivity index (χ0) is 18.7. The van der Waals surface area contributed by atoms with Gasteiger partial charge in [0, 0.05) is 25.3 Å². The molecule has 0 saturated heterocycles. The van der Waals surface area contributed by atoms with Gasteiger partial charge in [-0.05, 0) is 35.9 Å². The van der Waals surface area contributed by atoms with E-state index in [9.17, 15) is 19.7 Å². The van der Waals surface area contributed by atoms with E-state index < -0.39 is 10.9 Å². The van der Waals surface area contributed by atoms with Crippen molar-refractivity contribution in [2.45, 2.75) is 0 Å². The largest absolute Gasteiger partial charge is 0.452 e. The highest BCUT2D eigenvalue weighted by molar-refractivity contribution is 6.14. The zero-order valence-corrected chi connectivity index (χ0v) is 13.6. The van der Waals surface area contributed by atoms with Crippen molar-refractivity contribution in [1.82, 2.24) is 0 Å². The molecule has 2 aromatic rings. The molecule has 0 bridgehead atoms. The Morgan fingerprint density at radius 1 is 1.23 bits per heavy atom. The van der Waals surface area contributed by atoms with Crippen LogP contribution in [0, 0.1) is 10.1 Å². The number of allylic oxidation sites excluding steroid dienone is 1. The van der Waals surface area contributed by atoms with Crippen molar-refractivity contribution in [2.75, 3.05) is 13.7 Å². The van der Waals surface area contributed by atoms with Crippen LogP contribution < -0.4 is 9.47 Å². The molecule has 1 heterocycles. The zero-order valence-electron chi connectivity index (χ0n) is 13.6. The van der Waals surface area contributed by atoms with Crippen LogP contribution in [0.25, 0.3) is 6.08 Å². The minimum absolute atomic E-state index is 0.0448. The van der Waals surface area contributed by atoms with Crippen LogP contribution in [0.1, 0.15) is 15.9 Å². The number of fused-ring (bicyclic) bond motifs is 1. The number of Topliss-reactive ketones (excluding diaryl/α,β-unsaturated/α-hetero) is 1. The number of non-ortho nitro benzene ring substituents is 1. The normalized spacial score (nSPS) is 14.0. The number of nitro benzene ring substituents is 1. The highest BCUT2D eigenvalue weighted by Gasteiger charge is 2.28.